The lowest BCUT2D eigenvalue weighted by molar-refractivity contribution is 0.449. The first-order valence-electron chi connectivity index (χ1n) is 10.9. The van der Waals surface area contributed by atoms with E-state index in [9.17, 15) is 0 Å². The summed E-state index contributed by atoms with van der Waals surface area (Å²) in [7, 11) is 0. The first-order chi connectivity index (χ1) is 16.4. The van der Waals surface area contributed by atoms with Gasteiger partial charge in [-0.05, 0) is 67.8 Å². The number of aromatic nitrogens is 2. The second kappa shape index (κ2) is 12.9. The van der Waals surface area contributed by atoms with E-state index >= 15 is 0 Å². The van der Waals surface area contributed by atoms with Crippen molar-refractivity contribution in [3.8, 4) is 29.7 Å². The molecule has 172 valence electrons. The lowest BCUT2D eigenvalue weighted by atomic mass is 10.1. The summed E-state index contributed by atoms with van der Waals surface area (Å²) in [6.07, 6.45) is 1.18. The number of hydrogen-bond donors (Lipinski definition) is 1. The summed E-state index contributed by atoms with van der Waals surface area (Å²) in [6.45, 7) is 13.3. The Morgan fingerprint density at radius 3 is 2.26 bits per heavy atom. The Kier molecular flexibility index (Phi) is 9.96. The second-order valence-corrected chi connectivity index (χ2v) is 7.54. The van der Waals surface area contributed by atoms with Crippen LogP contribution in [0.1, 0.15) is 41.7 Å². The third-order valence-electron chi connectivity index (χ3n) is 4.81. The van der Waals surface area contributed by atoms with Crippen LogP contribution in [-0.4, -0.2) is 9.97 Å². The predicted octanol–water partition coefficient (Wildman–Crippen LogP) is 8.06. The Bertz CT molecular complexity index is 1380. The van der Waals surface area contributed by atoms with E-state index in [1.165, 1.54) is 17.2 Å². The monoisotopic (exact) mass is 469 g/mol. The number of ether oxygens (including phenoxy) is 1. The Balaban J connectivity index is 0.000000618. The van der Waals surface area contributed by atoms with Crippen molar-refractivity contribution in [3.63, 3.8) is 0 Å². The zero-order chi connectivity index (χ0) is 25.1. The molecule has 0 radical (unpaired) electrons. The molecule has 0 amide bonds. The fourth-order valence-electron chi connectivity index (χ4n) is 2.89. The van der Waals surface area contributed by atoms with Crippen molar-refractivity contribution >= 4 is 22.6 Å². The quantitative estimate of drug-likeness (QED) is 0.238. The maximum Gasteiger partial charge on any atom is 0.300 e. The summed E-state index contributed by atoms with van der Waals surface area (Å²) in [5.74, 6) is 7.10. The predicted molar refractivity (Wildman–Crippen MR) is 141 cm³/mol. The molecule has 0 atom stereocenters. The topological polar surface area (TPSA) is 61.7 Å². The number of nitriles is 1. The molecule has 5 heteroatoms. The summed E-state index contributed by atoms with van der Waals surface area (Å²) in [4.78, 5) is 7.68. The molecule has 4 rings (SSSR count). The van der Waals surface area contributed by atoms with Crippen molar-refractivity contribution in [1.29, 1.82) is 5.26 Å². The highest BCUT2D eigenvalue weighted by atomic mass is 35.5. The standard InChI is InChI=1S/C24H19ClN2O.C3H3N.C2H6/c1-15-8-11-20(12-17(15)3)28-24-26-22-13-19(21(25)14-23(22)27-24)10-9-18-7-5-4-6-16(18)2;1-2-3-4;1-2/h4-8,11-14H,1-3H3,(H,26,27);2H,1H2;1-2H3. The minimum atomic E-state index is 0.429. The molecule has 34 heavy (non-hydrogen) atoms. The average molecular weight is 470 g/mol. The van der Waals surface area contributed by atoms with Gasteiger partial charge >= 0.3 is 0 Å². The van der Waals surface area contributed by atoms with E-state index in [0.717, 1.165) is 33.5 Å². The van der Waals surface area contributed by atoms with Crippen molar-refractivity contribution in [1.82, 2.24) is 9.97 Å². The molecule has 0 aliphatic carbocycles. The Morgan fingerprint density at radius 1 is 0.941 bits per heavy atom. The van der Waals surface area contributed by atoms with Gasteiger partial charge in [0, 0.05) is 17.2 Å². The number of imidazole rings is 1. The van der Waals surface area contributed by atoms with Crippen molar-refractivity contribution in [3.05, 3.63) is 100 Å². The van der Waals surface area contributed by atoms with Gasteiger partial charge in [-0.2, -0.15) is 10.2 Å². The Hall–Kier alpha value is -3.99. The first kappa shape index (κ1) is 26.3. The highest BCUT2D eigenvalue weighted by Gasteiger charge is 2.09. The van der Waals surface area contributed by atoms with Gasteiger partial charge in [0.1, 0.15) is 5.75 Å². The zero-order valence-electron chi connectivity index (χ0n) is 20.2. The number of aryl methyl sites for hydroxylation is 3. The van der Waals surface area contributed by atoms with E-state index in [0.29, 0.717) is 11.0 Å². The van der Waals surface area contributed by atoms with Crippen LogP contribution < -0.4 is 4.74 Å². The van der Waals surface area contributed by atoms with Crippen LogP contribution >= 0.6 is 11.6 Å². The van der Waals surface area contributed by atoms with E-state index in [1.807, 2.05) is 75.4 Å². The summed E-state index contributed by atoms with van der Waals surface area (Å²) < 4.78 is 5.88. The number of benzene rings is 3. The molecule has 0 bridgehead atoms. The highest BCUT2D eigenvalue weighted by Crippen LogP contribution is 2.27. The van der Waals surface area contributed by atoms with E-state index in [2.05, 4.69) is 42.2 Å². The number of aromatic amines is 1. The minimum Gasteiger partial charge on any atom is -0.426 e. The van der Waals surface area contributed by atoms with Gasteiger partial charge in [-0.1, -0.05) is 68.1 Å². The molecule has 0 fully saturated rings. The normalized spacial score (nSPS) is 9.32. The smallest absolute Gasteiger partial charge is 0.300 e. The fraction of sp³-hybridized carbons (Fsp3) is 0.172. The van der Waals surface area contributed by atoms with Crippen LogP contribution in [0.2, 0.25) is 5.02 Å². The summed E-state index contributed by atoms with van der Waals surface area (Å²) in [5.41, 5.74) is 6.84. The number of nitrogens with one attached hydrogen (secondary N) is 1. The van der Waals surface area contributed by atoms with Gasteiger partial charge in [0.15, 0.2) is 0 Å². The molecule has 1 N–H and O–H groups in total. The minimum absolute atomic E-state index is 0.429. The fourth-order valence-corrected chi connectivity index (χ4v) is 3.09. The Morgan fingerprint density at radius 2 is 1.62 bits per heavy atom. The van der Waals surface area contributed by atoms with Crippen LogP contribution in [0.25, 0.3) is 11.0 Å². The average Bonchev–Trinajstić information content (AvgIpc) is 3.23. The van der Waals surface area contributed by atoms with Crippen LogP contribution in [0.4, 0.5) is 0 Å². The van der Waals surface area contributed by atoms with E-state index in [4.69, 9.17) is 21.6 Å². The highest BCUT2D eigenvalue weighted by molar-refractivity contribution is 6.32. The lowest BCUT2D eigenvalue weighted by Crippen LogP contribution is -1.88. The third kappa shape index (κ3) is 7.01. The number of halogens is 1. The van der Waals surface area contributed by atoms with Gasteiger partial charge < -0.3 is 9.72 Å². The van der Waals surface area contributed by atoms with Gasteiger partial charge in [-0.25, -0.2) is 0 Å². The number of nitrogens with zero attached hydrogens (tertiary/aromatic N) is 2. The molecule has 1 heterocycles. The molecule has 3 aromatic carbocycles. The zero-order valence-corrected chi connectivity index (χ0v) is 20.9. The van der Waals surface area contributed by atoms with Crippen molar-refractivity contribution in [2.24, 2.45) is 0 Å². The summed E-state index contributed by atoms with van der Waals surface area (Å²) >= 11 is 6.42. The number of rotatable bonds is 2. The summed E-state index contributed by atoms with van der Waals surface area (Å²) in [5, 5.41) is 8.07. The number of allylic oxidation sites excluding steroid dienone is 1. The molecule has 4 nitrogen and oxygen atoms in total. The molecule has 0 unspecified atom stereocenters. The van der Waals surface area contributed by atoms with Crippen LogP contribution in [0.15, 0.2) is 67.3 Å². The van der Waals surface area contributed by atoms with Gasteiger partial charge in [0.2, 0.25) is 0 Å². The van der Waals surface area contributed by atoms with Crippen molar-refractivity contribution in [2.75, 3.05) is 0 Å². The number of hydrogen-bond acceptors (Lipinski definition) is 3. The molecule has 0 spiro atoms. The maximum absolute atomic E-state index is 7.51. The lowest BCUT2D eigenvalue weighted by Gasteiger charge is -2.04. The maximum atomic E-state index is 7.51. The first-order valence-corrected chi connectivity index (χ1v) is 11.3. The third-order valence-corrected chi connectivity index (χ3v) is 5.12. The molecular weight excluding hydrogens is 442 g/mol. The molecule has 0 saturated heterocycles. The summed E-state index contributed by atoms with van der Waals surface area (Å²) in [6, 6.07) is 19.8. The van der Waals surface area contributed by atoms with Crippen LogP contribution in [0.3, 0.4) is 0 Å². The molecule has 0 saturated carbocycles. The molecule has 0 aliphatic heterocycles. The SMILES string of the molecule is C=CC#N.CC.Cc1ccc(Oc2nc3cc(Cl)c(C#Cc4ccccc4C)cc3[nH]2)cc1C. The van der Waals surface area contributed by atoms with Gasteiger partial charge in [-0.15, -0.1) is 0 Å². The molecule has 1 aromatic heterocycles. The van der Waals surface area contributed by atoms with Crippen LogP contribution in [0, 0.1) is 43.9 Å². The van der Waals surface area contributed by atoms with Crippen LogP contribution in [-0.2, 0) is 0 Å². The number of fused-ring (bicyclic) bond motifs is 1. The van der Waals surface area contributed by atoms with Gasteiger partial charge in [0.25, 0.3) is 6.01 Å². The molecular formula is C29H28ClN3O. The van der Waals surface area contributed by atoms with E-state index < -0.39 is 0 Å². The molecule has 0 aliphatic rings. The van der Waals surface area contributed by atoms with E-state index in [-0.39, 0.29) is 0 Å². The van der Waals surface area contributed by atoms with E-state index in [1.54, 1.807) is 6.07 Å². The second-order valence-electron chi connectivity index (χ2n) is 7.14. The number of H-pyrrole nitrogens is 1. The van der Waals surface area contributed by atoms with Crippen molar-refractivity contribution in [2.45, 2.75) is 34.6 Å². The Labute approximate surface area is 206 Å². The van der Waals surface area contributed by atoms with Gasteiger partial charge in [0.05, 0.1) is 22.1 Å². The van der Waals surface area contributed by atoms with Crippen molar-refractivity contribution < 1.29 is 4.74 Å². The van der Waals surface area contributed by atoms with Gasteiger partial charge in [-0.3, -0.25) is 0 Å². The molecule has 4 aromatic rings. The van der Waals surface area contributed by atoms with Crippen LogP contribution in [0.5, 0.6) is 11.8 Å². The largest absolute Gasteiger partial charge is 0.426 e.